The molecule has 0 N–H and O–H groups in total. The summed E-state index contributed by atoms with van der Waals surface area (Å²) in [7, 11) is 14.1. The van der Waals surface area contributed by atoms with Gasteiger partial charge in [0.1, 0.15) is 46.0 Å². The van der Waals surface area contributed by atoms with Gasteiger partial charge >= 0.3 is 0 Å². The summed E-state index contributed by atoms with van der Waals surface area (Å²) in [6, 6.07) is 58.1. The molecule has 664 valence electrons. The minimum atomic E-state index is 0.692. The van der Waals surface area contributed by atoms with E-state index in [9.17, 15) is 0 Å². The molecule has 10 heterocycles. The van der Waals surface area contributed by atoms with Crippen molar-refractivity contribution in [1.29, 1.82) is 0 Å². The van der Waals surface area contributed by atoms with Crippen LogP contribution in [0.15, 0.2) is 146 Å². The van der Waals surface area contributed by atoms with Gasteiger partial charge in [-0.1, -0.05) is 59.7 Å². The van der Waals surface area contributed by atoms with Crippen LogP contribution in [0.3, 0.4) is 0 Å². The molecule has 0 amide bonds. The van der Waals surface area contributed by atoms with Gasteiger partial charge < -0.3 is 37.9 Å². The summed E-state index contributed by atoms with van der Waals surface area (Å²) in [5.74, 6) is 7.84. The standard InChI is InChI=1S/C24H27NO2.2C23H25NO2.2C23H25NO/c1-14-8-17-18-9-15(2)24(27-4)12-21(18)22-13-25-7-5-6-16(25)10-19(22)20(17)11-23(14)26-3;1-14-9-18-17-7-6-16(25-2)11-20(17)22-13-24-8-4-5-15(24)10-19(22)21(18)12-23(14)26-3;1-14-9-18-17-7-6-16(25-2)11-20(17)19-10-15-5-4-8-24(15)13-22(19)21(18)12-23(14)26-3;1-14-6-7-17-18(9-14)19-10-15(2)23(25-3)12-21(19)20-11-16-5-4-8-24(16)13-22(17)20;1-14-6-7-17-18(9-14)19-10-15(2)23(25-3)12-21(19)22-13-24-8-4-5-16(24)11-20(17)22/h8-9,11-12,16H,5-7,10,13H2,1-4H3;2*6-7,9,11-12,15H,4-5,8,10,13H2,1-3H3;2*6-7,9-10,12,16H,4-5,8,11,13H2,1-3H3. The smallest absolute Gasteiger partial charge is 0.122 e. The Morgan fingerprint density at radius 3 is 0.651 bits per heavy atom. The Balaban J connectivity index is 0.0000000978. The van der Waals surface area contributed by atoms with Crippen molar-refractivity contribution in [3.8, 4) is 46.0 Å². The second-order valence-electron chi connectivity index (χ2n) is 39.3. The molecule has 0 bridgehead atoms. The summed E-state index contributed by atoms with van der Waals surface area (Å²) in [6.45, 7) is 28.8. The van der Waals surface area contributed by atoms with Crippen LogP contribution >= 0.6 is 0 Å². The number of hydrogen-bond donors (Lipinski definition) is 0. The van der Waals surface area contributed by atoms with E-state index < -0.39 is 0 Å². The molecule has 0 radical (unpaired) electrons. The number of benzene rings is 15. The Morgan fingerprint density at radius 2 is 0.395 bits per heavy atom. The zero-order chi connectivity index (χ0) is 88.6. The fourth-order valence-corrected chi connectivity index (χ4v) is 25.4. The predicted molar refractivity (Wildman–Crippen MR) is 533 cm³/mol. The molecule has 5 fully saturated rings. The van der Waals surface area contributed by atoms with Crippen LogP contribution in [0.4, 0.5) is 0 Å². The second kappa shape index (κ2) is 34.4. The zero-order valence-electron chi connectivity index (χ0n) is 78.9. The van der Waals surface area contributed by atoms with Crippen LogP contribution in [0.2, 0.25) is 0 Å². The first-order chi connectivity index (χ1) is 62.8. The van der Waals surface area contributed by atoms with Crippen molar-refractivity contribution >= 4 is 108 Å². The van der Waals surface area contributed by atoms with Gasteiger partial charge in [-0.3, -0.25) is 24.5 Å². The monoisotopic (exact) mass is 1720 g/mol. The highest BCUT2D eigenvalue weighted by Crippen LogP contribution is 2.51. The van der Waals surface area contributed by atoms with Crippen molar-refractivity contribution in [2.45, 2.75) is 215 Å². The summed E-state index contributed by atoms with van der Waals surface area (Å²) in [5.41, 5.74) is 25.1. The van der Waals surface area contributed by atoms with E-state index in [0.717, 1.165) is 110 Å². The molecular formula is C116H127N5O8. The van der Waals surface area contributed by atoms with Crippen LogP contribution in [0.1, 0.15) is 164 Å². The number of rotatable bonds is 8. The number of methoxy groups -OCH3 is 8. The lowest BCUT2D eigenvalue weighted by Crippen LogP contribution is -2.35. The van der Waals surface area contributed by atoms with Gasteiger partial charge in [0.15, 0.2) is 0 Å². The van der Waals surface area contributed by atoms with Gasteiger partial charge in [-0.15, -0.1) is 0 Å². The summed E-state index contributed by atoms with van der Waals surface area (Å²) in [6.07, 6.45) is 19.1. The molecular weight excluding hydrogens is 1590 g/mol. The van der Waals surface area contributed by atoms with Gasteiger partial charge in [0.05, 0.1) is 56.9 Å². The van der Waals surface area contributed by atoms with Gasteiger partial charge in [0, 0.05) is 62.9 Å². The Kier molecular flexibility index (Phi) is 22.7. The maximum atomic E-state index is 5.67. The third-order valence-electron chi connectivity index (χ3n) is 32.0. The van der Waals surface area contributed by atoms with Gasteiger partial charge in [-0.05, 0) is 478 Å². The van der Waals surface area contributed by atoms with Crippen LogP contribution < -0.4 is 37.9 Å². The first-order valence-electron chi connectivity index (χ1n) is 47.9. The second-order valence-corrected chi connectivity index (χ2v) is 39.3. The molecule has 0 saturated carbocycles. The van der Waals surface area contributed by atoms with Crippen LogP contribution in [0.25, 0.3) is 108 Å². The van der Waals surface area contributed by atoms with Crippen LogP contribution in [-0.4, -0.2) is 144 Å². The van der Waals surface area contributed by atoms with E-state index in [4.69, 9.17) is 37.9 Å². The van der Waals surface area contributed by atoms with E-state index in [1.807, 2.05) is 0 Å². The maximum absolute atomic E-state index is 5.67. The Hall–Kier alpha value is -10.9. The normalized spacial score (nSPS) is 19.7. The highest BCUT2D eigenvalue weighted by atomic mass is 16.5. The lowest BCUT2D eigenvalue weighted by atomic mass is 9.84. The molecule has 129 heavy (non-hydrogen) atoms. The molecule has 0 aliphatic carbocycles. The first kappa shape index (κ1) is 84.9. The molecule has 15 aromatic rings. The Morgan fingerprint density at radius 1 is 0.194 bits per heavy atom. The van der Waals surface area contributed by atoms with E-state index in [1.165, 1.54) is 301 Å². The molecule has 5 saturated heterocycles. The lowest BCUT2D eigenvalue weighted by Gasteiger charge is -2.33. The third kappa shape index (κ3) is 14.9. The van der Waals surface area contributed by atoms with E-state index >= 15 is 0 Å². The number of fused-ring (bicyclic) bond motifs is 35. The molecule has 13 nitrogen and oxygen atoms in total. The highest BCUT2D eigenvalue weighted by molar-refractivity contribution is 6.17. The number of aryl methyl sites for hydroxylation is 8. The van der Waals surface area contributed by atoms with E-state index in [2.05, 4.69) is 225 Å². The average Bonchev–Trinajstić information content (AvgIpc) is 1.04. The van der Waals surface area contributed by atoms with Crippen LogP contribution in [-0.2, 0) is 64.8 Å². The topological polar surface area (TPSA) is 90.0 Å². The van der Waals surface area contributed by atoms with Crippen molar-refractivity contribution < 1.29 is 37.9 Å². The highest BCUT2D eigenvalue weighted by Gasteiger charge is 2.39. The van der Waals surface area contributed by atoms with Crippen LogP contribution in [0, 0.1) is 55.4 Å². The van der Waals surface area contributed by atoms with Gasteiger partial charge in [0.25, 0.3) is 0 Å². The predicted octanol–water partition coefficient (Wildman–Crippen LogP) is 25.1. The van der Waals surface area contributed by atoms with Crippen LogP contribution in [0.5, 0.6) is 46.0 Å². The fraction of sp³-hybridized carbons (Fsp3) is 0.397. The Bertz CT molecular complexity index is 6650. The summed E-state index contributed by atoms with van der Waals surface area (Å²) in [5, 5.41) is 27.5. The first-order valence-corrected chi connectivity index (χ1v) is 47.9. The molecule has 10 aliphatic heterocycles. The molecule has 15 aromatic carbocycles. The molecule has 5 unspecified atom stereocenters. The molecule has 25 rings (SSSR count). The maximum Gasteiger partial charge on any atom is 0.122 e. The summed E-state index contributed by atoms with van der Waals surface area (Å²) in [4.78, 5) is 13.4. The largest absolute Gasteiger partial charge is 0.497 e. The molecule has 0 aromatic heterocycles. The van der Waals surface area contributed by atoms with Crippen molar-refractivity contribution in [1.82, 2.24) is 24.5 Å². The van der Waals surface area contributed by atoms with Gasteiger partial charge in [-0.25, -0.2) is 0 Å². The van der Waals surface area contributed by atoms with Crippen molar-refractivity contribution in [2.24, 2.45) is 0 Å². The molecule has 5 atom stereocenters. The van der Waals surface area contributed by atoms with Crippen molar-refractivity contribution in [2.75, 3.05) is 89.6 Å². The molecule has 10 aliphatic rings. The minimum absolute atomic E-state index is 0.692. The SMILES string of the molecule is COc1cc2c3c(c4cc(OC)c(C)cc4c2cc1C)CN1CCCC1C3.COc1cc2c3c(c4ccc(C)cc4c2cc1C)CC1CCCN1C3.COc1cc2c3c(c4ccc(C)cc4c2cc1C)CN1CCCC1C3.COc1ccc2c(c1)c1c(c3cc(OC)c(C)cc32)CC2CCCN2C1.COc1ccc2c(c1)c1c(c3cc(OC)c(C)cc32)CN2CCCC2C1. The van der Waals surface area contributed by atoms with Gasteiger partial charge in [-0.2, -0.15) is 0 Å². The van der Waals surface area contributed by atoms with E-state index in [1.54, 1.807) is 73.6 Å². The van der Waals surface area contributed by atoms with Gasteiger partial charge in [0.2, 0.25) is 0 Å². The third-order valence-corrected chi connectivity index (χ3v) is 32.0. The van der Waals surface area contributed by atoms with E-state index in [0.29, 0.717) is 18.1 Å². The summed E-state index contributed by atoms with van der Waals surface area (Å²) < 4.78 is 45.0. The van der Waals surface area contributed by atoms with Crippen molar-refractivity contribution in [3.63, 3.8) is 0 Å². The number of hydrogen-bond acceptors (Lipinski definition) is 13. The Labute approximate surface area is 761 Å². The molecule has 0 spiro atoms. The molecule has 13 heteroatoms. The zero-order valence-corrected chi connectivity index (χ0v) is 78.9. The summed E-state index contributed by atoms with van der Waals surface area (Å²) >= 11 is 0. The van der Waals surface area contributed by atoms with E-state index in [-0.39, 0.29) is 0 Å². The average molecular weight is 1720 g/mol. The fourth-order valence-electron chi connectivity index (χ4n) is 25.4. The van der Waals surface area contributed by atoms with Crippen molar-refractivity contribution in [3.05, 3.63) is 246 Å². The quantitative estimate of drug-likeness (QED) is 0.135. The minimum Gasteiger partial charge on any atom is -0.497 e. The lowest BCUT2D eigenvalue weighted by molar-refractivity contribution is 0.229. The number of ether oxygens (including phenoxy) is 8. The number of nitrogens with zero attached hydrogens (tertiary/aromatic N) is 5.